The van der Waals surface area contributed by atoms with E-state index in [1.54, 1.807) is 0 Å². The molecule has 1 heterocycles. The monoisotopic (exact) mass is 277 g/mol. The highest BCUT2D eigenvalue weighted by Gasteiger charge is 2.33. The van der Waals surface area contributed by atoms with E-state index >= 15 is 0 Å². The zero-order valence-corrected chi connectivity index (χ0v) is 9.86. The Hall–Kier alpha value is -0.420. The van der Waals surface area contributed by atoms with Crippen LogP contribution in [0.1, 0.15) is 0 Å². The maximum Gasteiger partial charge on any atom is 0.402 e. The predicted molar refractivity (Wildman–Crippen MR) is 53.6 cm³/mol. The second kappa shape index (κ2) is 5.48. The summed E-state index contributed by atoms with van der Waals surface area (Å²) in [6.07, 6.45) is -4.97. The van der Waals surface area contributed by atoms with E-state index in [4.69, 9.17) is 4.74 Å². The lowest BCUT2D eigenvalue weighted by Gasteiger charge is -2.19. The second-order valence-corrected chi connectivity index (χ2v) is 5.13. The molecule has 1 saturated heterocycles. The third kappa shape index (κ3) is 5.17. The molecule has 0 spiro atoms. The van der Waals surface area contributed by atoms with Gasteiger partial charge in [-0.25, -0.2) is 0 Å². The largest absolute Gasteiger partial charge is 0.402 e. The first kappa shape index (κ1) is 14.6. The summed E-state index contributed by atoms with van der Waals surface area (Å²) in [5, 5.41) is 2.87. The molecule has 0 aromatic heterocycles. The molecule has 17 heavy (non-hydrogen) atoms. The van der Waals surface area contributed by atoms with Crippen LogP contribution in [0.2, 0.25) is 0 Å². The van der Waals surface area contributed by atoms with E-state index in [0.717, 1.165) is 0 Å². The molecule has 1 fully saturated rings. The highest BCUT2D eigenvalue weighted by Crippen LogP contribution is 2.12. The summed E-state index contributed by atoms with van der Waals surface area (Å²) in [7, 11) is -2.78. The summed E-state index contributed by atoms with van der Waals surface area (Å²) in [6, 6.07) is -0.578. The maximum absolute atomic E-state index is 11.9. The van der Waals surface area contributed by atoms with Gasteiger partial charge >= 0.3 is 6.18 Å². The third-order valence-corrected chi connectivity index (χ3v) is 3.37. The van der Waals surface area contributed by atoms with E-state index in [0.29, 0.717) is 13.1 Å². The fourth-order valence-electron chi connectivity index (χ4n) is 1.44. The maximum atomic E-state index is 11.9. The molecular formula is C7H14F3N3O3S. The average Bonchev–Trinajstić information content (AvgIpc) is 2.61. The molecule has 10 heteroatoms. The van der Waals surface area contributed by atoms with Gasteiger partial charge in [0, 0.05) is 20.2 Å². The number of hydrogen-bond acceptors (Lipinski definition) is 4. The lowest BCUT2D eigenvalue weighted by atomic mass is 10.2. The van der Waals surface area contributed by atoms with Crippen molar-refractivity contribution in [3.05, 3.63) is 0 Å². The van der Waals surface area contributed by atoms with Gasteiger partial charge in [0.15, 0.2) is 0 Å². The van der Waals surface area contributed by atoms with Gasteiger partial charge in [-0.3, -0.25) is 0 Å². The van der Waals surface area contributed by atoms with Crippen LogP contribution in [0.5, 0.6) is 0 Å². The van der Waals surface area contributed by atoms with Crippen molar-refractivity contribution in [2.45, 2.75) is 18.3 Å². The van der Waals surface area contributed by atoms with Crippen molar-refractivity contribution in [1.29, 1.82) is 0 Å². The van der Waals surface area contributed by atoms with Gasteiger partial charge in [-0.05, 0) is 0 Å². The van der Waals surface area contributed by atoms with Crippen LogP contribution < -0.4 is 14.8 Å². The number of methoxy groups -OCH3 is 1. The Labute approximate surface area is 97.1 Å². The van der Waals surface area contributed by atoms with Crippen molar-refractivity contribution >= 4 is 10.2 Å². The molecular weight excluding hydrogens is 263 g/mol. The SMILES string of the molecule is CO[C@H]1CNCC1NS(=O)(=O)NCC(F)(F)F. The number of ether oxygens (including phenoxy) is 1. The lowest BCUT2D eigenvalue weighted by molar-refractivity contribution is -0.121. The van der Waals surface area contributed by atoms with Gasteiger partial charge in [0.05, 0.1) is 12.1 Å². The van der Waals surface area contributed by atoms with E-state index in [2.05, 4.69) is 10.0 Å². The van der Waals surface area contributed by atoms with Crippen LogP contribution in [0, 0.1) is 0 Å². The van der Waals surface area contributed by atoms with Crippen LogP contribution in [-0.4, -0.2) is 53.5 Å². The van der Waals surface area contributed by atoms with Crippen molar-refractivity contribution < 1.29 is 26.3 Å². The van der Waals surface area contributed by atoms with Crippen LogP contribution >= 0.6 is 0 Å². The minimum atomic E-state index is -4.58. The number of nitrogens with one attached hydrogen (secondary N) is 3. The minimum Gasteiger partial charge on any atom is -0.378 e. The molecule has 0 aromatic rings. The van der Waals surface area contributed by atoms with Gasteiger partial charge in [0.25, 0.3) is 10.2 Å². The summed E-state index contributed by atoms with van der Waals surface area (Å²) < 4.78 is 66.6. The summed E-state index contributed by atoms with van der Waals surface area (Å²) in [5.74, 6) is 0. The molecule has 0 aliphatic carbocycles. The Kier molecular flexibility index (Phi) is 4.72. The molecule has 0 radical (unpaired) electrons. The summed E-state index contributed by atoms with van der Waals surface area (Å²) in [4.78, 5) is 0. The molecule has 1 aliphatic rings. The zero-order valence-electron chi connectivity index (χ0n) is 9.04. The summed E-state index contributed by atoms with van der Waals surface area (Å²) in [5.41, 5.74) is 0. The highest BCUT2D eigenvalue weighted by molar-refractivity contribution is 7.87. The molecule has 0 saturated carbocycles. The van der Waals surface area contributed by atoms with Gasteiger partial charge < -0.3 is 10.1 Å². The van der Waals surface area contributed by atoms with Crippen molar-refractivity contribution in [3.8, 4) is 0 Å². The molecule has 102 valence electrons. The van der Waals surface area contributed by atoms with E-state index in [-0.39, 0.29) is 0 Å². The van der Waals surface area contributed by atoms with Gasteiger partial charge in [0.1, 0.15) is 6.54 Å². The average molecular weight is 277 g/mol. The molecule has 2 atom stereocenters. The molecule has 0 amide bonds. The Bertz CT molecular complexity index is 346. The van der Waals surface area contributed by atoms with Crippen LogP contribution in [-0.2, 0) is 14.9 Å². The van der Waals surface area contributed by atoms with Crippen LogP contribution in [0.3, 0.4) is 0 Å². The Morgan fingerprint density at radius 2 is 2.06 bits per heavy atom. The van der Waals surface area contributed by atoms with Crippen molar-refractivity contribution in [2.75, 3.05) is 26.7 Å². The molecule has 6 nitrogen and oxygen atoms in total. The molecule has 0 aromatic carbocycles. The molecule has 1 rings (SSSR count). The molecule has 0 bridgehead atoms. The van der Waals surface area contributed by atoms with Crippen molar-refractivity contribution in [2.24, 2.45) is 0 Å². The van der Waals surface area contributed by atoms with Gasteiger partial charge in [-0.15, -0.1) is 0 Å². The third-order valence-electron chi connectivity index (χ3n) is 2.23. The first-order valence-electron chi connectivity index (χ1n) is 4.81. The number of rotatable bonds is 5. The topological polar surface area (TPSA) is 79.5 Å². The standard InChI is InChI=1S/C7H14F3N3O3S/c1-16-6-3-11-2-5(6)13-17(14,15)12-4-7(8,9)10/h5-6,11-13H,2-4H2,1H3/t5?,6-/m0/s1. The van der Waals surface area contributed by atoms with E-state index in [9.17, 15) is 21.6 Å². The predicted octanol–water partition coefficient (Wildman–Crippen LogP) is -1.04. The van der Waals surface area contributed by atoms with Gasteiger partial charge in [-0.2, -0.15) is 31.0 Å². The first-order valence-corrected chi connectivity index (χ1v) is 6.29. The Balaban J connectivity index is 2.49. The summed E-state index contributed by atoms with van der Waals surface area (Å²) >= 11 is 0. The van der Waals surface area contributed by atoms with Crippen LogP contribution in [0.4, 0.5) is 13.2 Å². The fraction of sp³-hybridized carbons (Fsp3) is 1.00. The number of halogens is 3. The quantitative estimate of drug-likeness (QED) is 0.600. The highest BCUT2D eigenvalue weighted by atomic mass is 32.2. The molecule has 3 N–H and O–H groups in total. The molecule has 1 aliphatic heterocycles. The van der Waals surface area contributed by atoms with Gasteiger partial charge in [-0.1, -0.05) is 0 Å². The van der Waals surface area contributed by atoms with Crippen LogP contribution in [0.15, 0.2) is 0 Å². The smallest absolute Gasteiger partial charge is 0.378 e. The second-order valence-electron chi connectivity index (χ2n) is 3.60. The lowest BCUT2D eigenvalue weighted by Crippen LogP contribution is -2.50. The fourth-order valence-corrected chi connectivity index (χ4v) is 2.51. The Morgan fingerprint density at radius 3 is 2.59 bits per heavy atom. The van der Waals surface area contributed by atoms with Crippen molar-refractivity contribution in [1.82, 2.24) is 14.8 Å². The number of alkyl halides is 3. The van der Waals surface area contributed by atoms with Crippen LogP contribution in [0.25, 0.3) is 0 Å². The first-order chi connectivity index (χ1) is 7.73. The molecule has 1 unspecified atom stereocenters. The van der Waals surface area contributed by atoms with E-state index < -0.39 is 35.1 Å². The zero-order chi connectivity index (χ0) is 13.1. The van der Waals surface area contributed by atoms with E-state index in [1.807, 2.05) is 0 Å². The van der Waals surface area contributed by atoms with E-state index in [1.165, 1.54) is 11.8 Å². The van der Waals surface area contributed by atoms with Crippen molar-refractivity contribution in [3.63, 3.8) is 0 Å². The normalized spacial score (nSPS) is 26.4. The minimum absolute atomic E-state index is 0.311. The van der Waals surface area contributed by atoms with Gasteiger partial charge in [0.2, 0.25) is 0 Å². The summed E-state index contributed by atoms with van der Waals surface area (Å²) in [6.45, 7) is -0.839. The number of hydrogen-bond donors (Lipinski definition) is 3. The Morgan fingerprint density at radius 1 is 1.41 bits per heavy atom.